The molecular formula is C28H22N4O5S. The lowest BCUT2D eigenvalue weighted by Gasteiger charge is -2.09. The molecule has 0 unspecified atom stereocenters. The number of para-hydroxylation sites is 1. The van der Waals surface area contributed by atoms with Gasteiger partial charge in [0.25, 0.3) is 11.6 Å². The number of anilines is 1. The van der Waals surface area contributed by atoms with Gasteiger partial charge in [-0.2, -0.15) is 0 Å². The van der Waals surface area contributed by atoms with E-state index in [9.17, 15) is 14.9 Å². The zero-order chi connectivity index (χ0) is 26.8. The summed E-state index contributed by atoms with van der Waals surface area (Å²) < 4.78 is 11.5. The maximum absolute atomic E-state index is 12.7. The number of oxazole rings is 1. The van der Waals surface area contributed by atoms with Gasteiger partial charge in [-0.25, -0.2) is 4.98 Å². The van der Waals surface area contributed by atoms with E-state index >= 15 is 0 Å². The Hall–Kier alpha value is -4.83. The van der Waals surface area contributed by atoms with E-state index in [1.165, 1.54) is 23.8 Å². The second-order valence-electron chi connectivity index (χ2n) is 8.83. The van der Waals surface area contributed by atoms with E-state index in [2.05, 4.69) is 29.5 Å². The van der Waals surface area contributed by atoms with Crippen molar-refractivity contribution in [2.75, 3.05) is 5.32 Å². The number of furan rings is 1. The lowest BCUT2D eigenvalue weighted by atomic mass is 10.0. The average Bonchev–Trinajstić information content (AvgIpc) is 3.56. The minimum Gasteiger partial charge on any atom is -0.451 e. The molecule has 5 aromatic rings. The van der Waals surface area contributed by atoms with Crippen molar-refractivity contribution in [3.05, 3.63) is 100 Å². The van der Waals surface area contributed by atoms with Crippen LogP contribution in [0.4, 0.5) is 11.4 Å². The van der Waals surface area contributed by atoms with Crippen molar-refractivity contribution in [1.82, 2.24) is 10.3 Å². The summed E-state index contributed by atoms with van der Waals surface area (Å²) in [5.41, 5.74) is 4.18. The molecule has 2 N–H and O–H groups in total. The van der Waals surface area contributed by atoms with Gasteiger partial charge in [-0.05, 0) is 72.2 Å². The van der Waals surface area contributed by atoms with E-state index in [0.717, 1.165) is 11.1 Å². The third-order valence-corrected chi connectivity index (χ3v) is 6.07. The van der Waals surface area contributed by atoms with Crippen LogP contribution in [0.5, 0.6) is 0 Å². The Morgan fingerprint density at radius 2 is 1.82 bits per heavy atom. The monoisotopic (exact) mass is 526 g/mol. The van der Waals surface area contributed by atoms with Crippen molar-refractivity contribution in [3.8, 4) is 22.8 Å². The van der Waals surface area contributed by atoms with E-state index in [1.807, 2.05) is 36.4 Å². The number of carbonyl (C=O) groups is 1. The second kappa shape index (κ2) is 10.3. The van der Waals surface area contributed by atoms with Crippen molar-refractivity contribution >= 4 is 45.7 Å². The van der Waals surface area contributed by atoms with Gasteiger partial charge in [0, 0.05) is 17.3 Å². The summed E-state index contributed by atoms with van der Waals surface area (Å²) in [6, 6.07) is 22.3. The number of fused-ring (bicyclic) bond motifs is 1. The summed E-state index contributed by atoms with van der Waals surface area (Å²) in [4.78, 5) is 28.1. The quantitative estimate of drug-likeness (QED) is 0.139. The number of nitrogens with zero attached hydrogens (tertiary/aromatic N) is 2. The number of hydrogen-bond donors (Lipinski definition) is 2. The number of hydrogen-bond acceptors (Lipinski definition) is 7. The summed E-state index contributed by atoms with van der Waals surface area (Å²) in [5.74, 6) is 0.421. The van der Waals surface area contributed by atoms with Crippen molar-refractivity contribution in [2.24, 2.45) is 0 Å². The highest BCUT2D eigenvalue weighted by molar-refractivity contribution is 7.80. The van der Waals surface area contributed by atoms with Crippen LogP contribution in [0.2, 0.25) is 0 Å². The highest BCUT2D eigenvalue weighted by Crippen LogP contribution is 2.31. The standard InChI is InChI=1S/C28H22N4O5S/c1-16(2)17-10-11-24-21(15-17)30-27(37-24)18-6-5-7-19(14-18)29-28(38)31-26(33)25-13-12-23(36-25)20-8-3-4-9-22(20)32(34)35/h3-16H,1-2H3,(H2,29,31,33,38). The molecule has 2 heterocycles. The number of nitrogens with one attached hydrogen (secondary N) is 2. The summed E-state index contributed by atoms with van der Waals surface area (Å²) in [5, 5.41) is 16.9. The molecule has 0 radical (unpaired) electrons. The predicted octanol–water partition coefficient (Wildman–Crippen LogP) is 6.91. The van der Waals surface area contributed by atoms with Crippen molar-refractivity contribution in [1.29, 1.82) is 0 Å². The van der Waals surface area contributed by atoms with Crippen LogP contribution < -0.4 is 10.6 Å². The molecule has 3 aromatic carbocycles. The normalized spacial score (nSPS) is 11.0. The number of aromatic nitrogens is 1. The lowest BCUT2D eigenvalue weighted by molar-refractivity contribution is -0.384. The highest BCUT2D eigenvalue weighted by Gasteiger charge is 2.20. The fourth-order valence-electron chi connectivity index (χ4n) is 3.93. The number of carbonyl (C=O) groups excluding carboxylic acids is 1. The van der Waals surface area contributed by atoms with Gasteiger partial charge < -0.3 is 14.2 Å². The largest absolute Gasteiger partial charge is 0.451 e. The summed E-state index contributed by atoms with van der Waals surface area (Å²) in [6.07, 6.45) is 0. The first-order valence-corrected chi connectivity index (χ1v) is 12.2. The molecular weight excluding hydrogens is 504 g/mol. The molecule has 190 valence electrons. The fourth-order valence-corrected chi connectivity index (χ4v) is 4.14. The zero-order valence-electron chi connectivity index (χ0n) is 20.4. The van der Waals surface area contributed by atoms with Gasteiger partial charge in [0.2, 0.25) is 5.89 Å². The molecule has 0 aliphatic rings. The van der Waals surface area contributed by atoms with Crippen LogP contribution in [-0.2, 0) is 0 Å². The number of nitro benzene ring substituents is 1. The smallest absolute Gasteiger partial charge is 0.293 e. The third kappa shape index (κ3) is 5.16. The molecule has 0 saturated heterocycles. The molecule has 5 rings (SSSR count). The molecule has 10 heteroatoms. The van der Waals surface area contributed by atoms with Crippen LogP contribution in [0.15, 0.2) is 87.7 Å². The lowest BCUT2D eigenvalue weighted by Crippen LogP contribution is -2.33. The molecule has 38 heavy (non-hydrogen) atoms. The second-order valence-corrected chi connectivity index (χ2v) is 9.24. The molecule has 0 saturated carbocycles. The Bertz CT molecular complexity index is 1690. The van der Waals surface area contributed by atoms with Gasteiger partial charge in [-0.3, -0.25) is 20.2 Å². The highest BCUT2D eigenvalue weighted by atomic mass is 32.1. The minimum absolute atomic E-state index is 0.0386. The zero-order valence-corrected chi connectivity index (χ0v) is 21.2. The molecule has 2 aromatic heterocycles. The van der Waals surface area contributed by atoms with Crippen LogP contribution in [0.3, 0.4) is 0 Å². The van der Waals surface area contributed by atoms with Gasteiger partial charge in [0.15, 0.2) is 16.5 Å². The Kier molecular flexibility index (Phi) is 6.71. The molecule has 0 aliphatic heterocycles. The van der Waals surface area contributed by atoms with Gasteiger partial charge >= 0.3 is 0 Å². The Morgan fingerprint density at radius 3 is 2.61 bits per heavy atom. The molecule has 0 bridgehead atoms. The minimum atomic E-state index is -0.594. The molecule has 1 amide bonds. The Balaban J connectivity index is 1.28. The Labute approximate surface area is 222 Å². The predicted molar refractivity (Wildman–Crippen MR) is 148 cm³/mol. The van der Waals surface area contributed by atoms with Crippen LogP contribution in [-0.4, -0.2) is 20.9 Å². The van der Waals surface area contributed by atoms with Crippen molar-refractivity contribution < 1.29 is 18.6 Å². The summed E-state index contributed by atoms with van der Waals surface area (Å²) >= 11 is 5.31. The van der Waals surface area contributed by atoms with Crippen LogP contribution in [0.25, 0.3) is 33.9 Å². The third-order valence-electron chi connectivity index (χ3n) is 5.87. The van der Waals surface area contributed by atoms with E-state index in [-0.39, 0.29) is 27.9 Å². The van der Waals surface area contributed by atoms with Crippen LogP contribution >= 0.6 is 12.2 Å². The maximum atomic E-state index is 12.7. The number of benzene rings is 3. The maximum Gasteiger partial charge on any atom is 0.293 e. The van der Waals surface area contributed by atoms with Crippen molar-refractivity contribution in [3.63, 3.8) is 0 Å². The molecule has 0 aliphatic carbocycles. The topological polar surface area (TPSA) is 123 Å². The van der Waals surface area contributed by atoms with E-state index in [1.54, 1.807) is 24.3 Å². The van der Waals surface area contributed by atoms with Gasteiger partial charge in [-0.15, -0.1) is 0 Å². The van der Waals surface area contributed by atoms with E-state index in [4.69, 9.17) is 21.1 Å². The molecule has 9 nitrogen and oxygen atoms in total. The Morgan fingerprint density at radius 1 is 1.00 bits per heavy atom. The molecule has 0 spiro atoms. The first-order chi connectivity index (χ1) is 18.3. The number of rotatable bonds is 6. The summed E-state index contributed by atoms with van der Waals surface area (Å²) in [6.45, 7) is 4.25. The number of amides is 1. The van der Waals surface area contributed by atoms with E-state index < -0.39 is 10.8 Å². The van der Waals surface area contributed by atoms with Gasteiger partial charge in [-0.1, -0.05) is 38.1 Å². The van der Waals surface area contributed by atoms with Crippen LogP contribution in [0.1, 0.15) is 35.9 Å². The molecule has 0 fully saturated rings. The van der Waals surface area contributed by atoms with Gasteiger partial charge in [0.1, 0.15) is 11.3 Å². The fraction of sp³-hybridized carbons (Fsp3) is 0.107. The first-order valence-electron chi connectivity index (χ1n) is 11.8. The first kappa shape index (κ1) is 24.8. The van der Waals surface area contributed by atoms with Crippen LogP contribution in [0, 0.1) is 10.1 Å². The summed E-state index contributed by atoms with van der Waals surface area (Å²) in [7, 11) is 0. The molecule has 0 atom stereocenters. The number of nitro groups is 1. The van der Waals surface area contributed by atoms with Gasteiger partial charge in [0.05, 0.1) is 10.5 Å². The van der Waals surface area contributed by atoms with Crippen molar-refractivity contribution in [2.45, 2.75) is 19.8 Å². The SMILES string of the molecule is CC(C)c1ccc2oc(-c3cccc(NC(=S)NC(=O)c4ccc(-c5ccccc5[N+](=O)[O-])o4)c3)nc2c1. The van der Waals surface area contributed by atoms with E-state index in [0.29, 0.717) is 23.1 Å². The number of thiocarbonyl (C=S) groups is 1. The average molecular weight is 527 g/mol.